The highest BCUT2D eigenvalue weighted by Gasteiger charge is 2.50. The Morgan fingerprint density at radius 2 is 1.91 bits per heavy atom. The maximum absolute atomic E-state index is 14.1. The predicted octanol–water partition coefficient (Wildman–Crippen LogP) is 4.28. The minimum absolute atomic E-state index is 0.0354. The van der Waals surface area contributed by atoms with Crippen molar-refractivity contribution in [3.8, 4) is 6.07 Å². The lowest BCUT2D eigenvalue weighted by atomic mass is 9.73. The topological polar surface area (TPSA) is 82.4 Å². The molecule has 6 nitrogen and oxygen atoms in total. The summed E-state index contributed by atoms with van der Waals surface area (Å²) >= 11 is 0. The van der Waals surface area contributed by atoms with E-state index < -0.39 is 41.3 Å². The van der Waals surface area contributed by atoms with Crippen molar-refractivity contribution >= 4 is 12.0 Å². The lowest BCUT2D eigenvalue weighted by Crippen LogP contribution is -2.58. The minimum Gasteiger partial charge on any atom is -0.444 e. The van der Waals surface area contributed by atoms with Gasteiger partial charge < -0.3 is 15.0 Å². The number of nitrogens with zero attached hydrogens (tertiary/aromatic N) is 2. The highest BCUT2D eigenvalue weighted by Crippen LogP contribution is 2.45. The summed E-state index contributed by atoms with van der Waals surface area (Å²) in [5.74, 6) is -0.816. The molecule has 2 aliphatic rings. The number of carbonyl (C=O) groups excluding carboxylic acids is 2. The molecule has 0 spiro atoms. The molecule has 3 atom stereocenters. The van der Waals surface area contributed by atoms with Gasteiger partial charge in [-0.05, 0) is 57.7 Å². The third kappa shape index (κ3) is 5.56. The Morgan fingerprint density at radius 3 is 2.47 bits per heavy atom. The van der Waals surface area contributed by atoms with Crippen molar-refractivity contribution in [3.05, 3.63) is 35.6 Å². The molecule has 0 radical (unpaired) electrons. The molecule has 1 N–H and O–H groups in total. The van der Waals surface area contributed by atoms with Gasteiger partial charge in [0, 0.05) is 11.8 Å². The maximum atomic E-state index is 14.1. The van der Waals surface area contributed by atoms with Gasteiger partial charge in [0.2, 0.25) is 5.91 Å². The van der Waals surface area contributed by atoms with Crippen LogP contribution in [-0.4, -0.2) is 47.3 Å². The second-order valence-corrected chi connectivity index (χ2v) is 9.92. The number of likely N-dealkylation sites (tertiary alicyclic amines) is 1. The van der Waals surface area contributed by atoms with Crippen LogP contribution in [0.4, 0.5) is 13.6 Å². The van der Waals surface area contributed by atoms with E-state index in [2.05, 4.69) is 5.32 Å². The van der Waals surface area contributed by atoms with Gasteiger partial charge in [-0.2, -0.15) is 5.26 Å². The van der Waals surface area contributed by atoms with Crippen LogP contribution in [0.1, 0.15) is 58.4 Å². The Balaban J connectivity index is 1.95. The second kappa shape index (κ2) is 9.43. The number of nitrogens with one attached hydrogen (secondary N) is 1. The van der Waals surface area contributed by atoms with Gasteiger partial charge in [0.1, 0.15) is 29.7 Å². The Morgan fingerprint density at radius 1 is 1.28 bits per heavy atom. The number of carbonyl (C=O) groups is 2. The molecule has 3 rings (SSSR count). The second-order valence-electron chi connectivity index (χ2n) is 9.92. The summed E-state index contributed by atoms with van der Waals surface area (Å²) in [4.78, 5) is 27.6. The first-order valence-electron chi connectivity index (χ1n) is 11.1. The minimum atomic E-state index is -1.28. The molecule has 2 unspecified atom stereocenters. The van der Waals surface area contributed by atoms with Crippen LogP contribution in [-0.2, 0) is 16.0 Å². The van der Waals surface area contributed by atoms with Gasteiger partial charge in [-0.25, -0.2) is 13.6 Å². The van der Waals surface area contributed by atoms with Crippen LogP contribution in [0, 0.1) is 22.6 Å². The van der Waals surface area contributed by atoms with E-state index in [1.54, 1.807) is 32.9 Å². The van der Waals surface area contributed by atoms with Gasteiger partial charge in [0.15, 0.2) is 0 Å². The summed E-state index contributed by atoms with van der Waals surface area (Å²) in [5.41, 5.74) is -0.552. The monoisotopic (exact) mass is 447 g/mol. The molecule has 1 aliphatic carbocycles. The predicted molar refractivity (Wildman–Crippen MR) is 115 cm³/mol. The highest BCUT2D eigenvalue weighted by molar-refractivity contribution is 5.87. The zero-order valence-electron chi connectivity index (χ0n) is 18.9. The number of halogens is 2. The smallest absolute Gasteiger partial charge is 0.408 e. The number of alkyl halides is 1. The molecule has 2 fully saturated rings. The lowest BCUT2D eigenvalue weighted by Gasteiger charge is -2.40. The van der Waals surface area contributed by atoms with Crippen LogP contribution < -0.4 is 5.32 Å². The van der Waals surface area contributed by atoms with Gasteiger partial charge in [-0.3, -0.25) is 4.79 Å². The molecule has 1 aromatic carbocycles. The molecule has 174 valence electrons. The molecule has 1 heterocycles. The summed E-state index contributed by atoms with van der Waals surface area (Å²) < 4.78 is 32.9. The number of nitriles is 1. The number of hydrogen-bond donors (Lipinski definition) is 1. The average molecular weight is 448 g/mol. The zero-order chi connectivity index (χ0) is 23.5. The standard InChI is InChI=1S/C24H31F2N3O3/c1-23(2,3)32-22(31)28-20(21(30)29-15-18(26)12-19(29)14-27)24(10-4-5-11-24)13-16-6-8-17(25)9-7-16/h6-9,18-20H,4-5,10-13,15H2,1-3H3,(H,28,31)/t18?,19?,20-/m1/s1. The van der Waals surface area contributed by atoms with Crippen molar-refractivity contribution < 1.29 is 23.1 Å². The molecular formula is C24H31F2N3O3. The fourth-order valence-electron chi connectivity index (χ4n) is 4.87. The van der Waals surface area contributed by atoms with E-state index in [1.165, 1.54) is 17.0 Å². The lowest BCUT2D eigenvalue weighted by molar-refractivity contribution is -0.137. The highest BCUT2D eigenvalue weighted by atomic mass is 19.1. The normalized spacial score (nSPS) is 23.4. The third-order valence-electron chi connectivity index (χ3n) is 6.27. The van der Waals surface area contributed by atoms with Crippen LogP contribution >= 0.6 is 0 Å². The summed E-state index contributed by atoms with van der Waals surface area (Å²) in [5, 5.41) is 12.2. The van der Waals surface area contributed by atoms with Gasteiger partial charge in [-0.1, -0.05) is 25.0 Å². The van der Waals surface area contributed by atoms with Gasteiger partial charge in [0.25, 0.3) is 0 Å². The summed E-state index contributed by atoms with van der Waals surface area (Å²) in [6, 6.07) is 6.25. The van der Waals surface area contributed by atoms with Gasteiger partial charge in [0.05, 0.1) is 12.6 Å². The summed E-state index contributed by atoms with van der Waals surface area (Å²) in [6.45, 7) is 5.02. The van der Waals surface area contributed by atoms with E-state index in [9.17, 15) is 23.6 Å². The first-order valence-corrected chi connectivity index (χ1v) is 11.1. The SMILES string of the molecule is CC(C)(C)OC(=O)N[C@H](C(=O)N1CC(F)CC1C#N)C1(Cc2ccc(F)cc2)CCCC1. The van der Waals surface area contributed by atoms with E-state index >= 15 is 0 Å². The maximum Gasteiger partial charge on any atom is 0.408 e. The number of rotatable bonds is 5. The quantitative estimate of drug-likeness (QED) is 0.730. The van der Waals surface area contributed by atoms with Crippen molar-refractivity contribution in [3.63, 3.8) is 0 Å². The number of ether oxygens (including phenoxy) is 1. The molecular weight excluding hydrogens is 416 g/mol. The van der Waals surface area contributed by atoms with E-state index in [1.807, 2.05) is 6.07 Å². The van der Waals surface area contributed by atoms with Crippen molar-refractivity contribution in [2.45, 2.75) is 83.2 Å². The van der Waals surface area contributed by atoms with E-state index in [0.29, 0.717) is 19.3 Å². The Hall–Kier alpha value is -2.69. The fraction of sp³-hybridized carbons (Fsp3) is 0.625. The molecule has 0 bridgehead atoms. The first kappa shape index (κ1) is 24.0. The average Bonchev–Trinajstić information content (AvgIpc) is 3.33. The molecule has 1 saturated heterocycles. The number of benzene rings is 1. The van der Waals surface area contributed by atoms with Gasteiger partial charge >= 0.3 is 6.09 Å². The largest absolute Gasteiger partial charge is 0.444 e. The van der Waals surface area contributed by atoms with E-state index in [4.69, 9.17) is 4.74 Å². The molecule has 1 saturated carbocycles. The van der Waals surface area contributed by atoms with E-state index in [-0.39, 0.29) is 18.8 Å². The Bertz CT molecular complexity index is 870. The summed E-state index contributed by atoms with van der Waals surface area (Å²) in [6.07, 6.45) is 1.48. The number of amides is 2. The van der Waals surface area contributed by atoms with Crippen molar-refractivity contribution in [1.82, 2.24) is 10.2 Å². The van der Waals surface area contributed by atoms with Crippen LogP contribution in [0.2, 0.25) is 0 Å². The Kier molecular flexibility index (Phi) is 7.06. The van der Waals surface area contributed by atoms with Crippen molar-refractivity contribution in [2.75, 3.05) is 6.54 Å². The molecule has 8 heteroatoms. The first-order chi connectivity index (χ1) is 15.0. The Labute approximate surface area is 187 Å². The van der Waals surface area contributed by atoms with Crippen LogP contribution in [0.25, 0.3) is 0 Å². The van der Waals surface area contributed by atoms with Crippen molar-refractivity contribution in [1.29, 1.82) is 5.26 Å². The molecule has 1 aromatic rings. The fourth-order valence-corrected chi connectivity index (χ4v) is 4.87. The summed E-state index contributed by atoms with van der Waals surface area (Å²) in [7, 11) is 0. The molecule has 32 heavy (non-hydrogen) atoms. The van der Waals surface area contributed by atoms with Crippen LogP contribution in [0.3, 0.4) is 0 Å². The molecule has 2 amide bonds. The number of hydrogen-bond acceptors (Lipinski definition) is 4. The van der Waals surface area contributed by atoms with Crippen LogP contribution in [0.5, 0.6) is 0 Å². The van der Waals surface area contributed by atoms with Gasteiger partial charge in [-0.15, -0.1) is 0 Å². The third-order valence-corrected chi connectivity index (χ3v) is 6.27. The molecule has 1 aliphatic heterocycles. The van der Waals surface area contributed by atoms with Crippen molar-refractivity contribution in [2.24, 2.45) is 5.41 Å². The number of alkyl carbamates (subject to hydrolysis) is 1. The molecule has 0 aromatic heterocycles. The van der Waals surface area contributed by atoms with E-state index in [0.717, 1.165) is 18.4 Å². The zero-order valence-corrected chi connectivity index (χ0v) is 18.9. The van der Waals surface area contributed by atoms with Crippen LogP contribution in [0.15, 0.2) is 24.3 Å².